The summed E-state index contributed by atoms with van der Waals surface area (Å²) in [5.41, 5.74) is 5.53. The van der Waals surface area contributed by atoms with Crippen LogP contribution in [0.25, 0.3) is 0 Å². The standard InChI is InChI=1S/C10H21NO2/c1-7(11)9(12)10(13)8-5-3-2-4-6-8/h7-10,12-13H,2-6,11H2,1H3. The lowest BCUT2D eigenvalue weighted by atomic mass is 9.82. The molecule has 3 unspecified atom stereocenters. The van der Waals surface area contributed by atoms with Gasteiger partial charge in [0.25, 0.3) is 0 Å². The van der Waals surface area contributed by atoms with Crippen molar-refractivity contribution in [3.05, 3.63) is 0 Å². The molecule has 0 aromatic heterocycles. The van der Waals surface area contributed by atoms with Crippen molar-refractivity contribution < 1.29 is 10.2 Å². The number of hydrogen-bond acceptors (Lipinski definition) is 3. The van der Waals surface area contributed by atoms with Crippen LogP contribution in [0.5, 0.6) is 0 Å². The normalized spacial score (nSPS) is 26.8. The molecule has 1 aliphatic carbocycles. The molecule has 0 heterocycles. The molecular formula is C10H21NO2. The SMILES string of the molecule is CC(N)C(O)C(O)C1CCCCC1. The molecule has 4 N–H and O–H groups in total. The van der Waals surface area contributed by atoms with E-state index in [9.17, 15) is 10.2 Å². The van der Waals surface area contributed by atoms with Crippen LogP contribution in [0.4, 0.5) is 0 Å². The number of hydrogen-bond donors (Lipinski definition) is 3. The Morgan fingerprint density at radius 2 is 1.69 bits per heavy atom. The van der Waals surface area contributed by atoms with E-state index < -0.39 is 12.2 Å². The molecule has 3 heteroatoms. The van der Waals surface area contributed by atoms with E-state index in [2.05, 4.69) is 0 Å². The molecule has 1 fully saturated rings. The molecule has 0 bridgehead atoms. The van der Waals surface area contributed by atoms with Crippen molar-refractivity contribution in [3.8, 4) is 0 Å². The zero-order valence-electron chi connectivity index (χ0n) is 8.32. The van der Waals surface area contributed by atoms with Gasteiger partial charge in [-0.15, -0.1) is 0 Å². The predicted molar refractivity (Wildman–Crippen MR) is 52.2 cm³/mol. The molecule has 0 aromatic rings. The molecule has 3 atom stereocenters. The molecule has 0 saturated heterocycles. The largest absolute Gasteiger partial charge is 0.390 e. The van der Waals surface area contributed by atoms with Gasteiger partial charge < -0.3 is 15.9 Å². The van der Waals surface area contributed by atoms with Gasteiger partial charge in [0, 0.05) is 6.04 Å². The van der Waals surface area contributed by atoms with Gasteiger partial charge in [-0.1, -0.05) is 19.3 Å². The Kier molecular flexibility index (Phi) is 4.16. The lowest BCUT2D eigenvalue weighted by molar-refractivity contribution is -0.0358. The van der Waals surface area contributed by atoms with Crippen LogP contribution in [-0.2, 0) is 0 Å². The van der Waals surface area contributed by atoms with Gasteiger partial charge in [0.1, 0.15) is 0 Å². The first-order valence-corrected chi connectivity index (χ1v) is 5.24. The van der Waals surface area contributed by atoms with Crippen LogP contribution in [0.1, 0.15) is 39.0 Å². The number of nitrogens with two attached hydrogens (primary N) is 1. The van der Waals surface area contributed by atoms with Crippen LogP contribution in [0.3, 0.4) is 0 Å². The first kappa shape index (κ1) is 11.0. The fourth-order valence-electron chi connectivity index (χ4n) is 2.07. The molecule has 3 nitrogen and oxygen atoms in total. The van der Waals surface area contributed by atoms with Crippen LogP contribution < -0.4 is 5.73 Å². The summed E-state index contributed by atoms with van der Waals surface area (Å²) in [7, 11) is 0. The topological polar surface area (TPSA) is 66.5 Å². The molecule has 0 aromatic carbocycles. The van der Waals surface area contributed by atoms with Crippen molar-refractivity contribution >= 4 is 0 Å². The maximum absolute atomic E-state index is 9.78. The van der Waals surface area contributed by atoms with Crippen LogP contribution in [0.2, 0.25) is 0 Å². The zero-order chi connectivity index (χ0) is 9.84. The summed E-state index contributed by atoms with van der Waals surface area (Å²) >= 11 is 0. The van der Waals surface area contributed by atoms with E-state index in [4.69, 9.17) is 5.73 Å². The Morgan fingerprint density at radius 1 is 1.15 bits per heavy atom. The predicted octanol–water partition coefficient (Wildman–Crippen LogP) is 0.636. The Hall–Kier alpha value is -0.120. The van der Waals surface area contributed by atoms with Crippen LogP contribution in [0.15, 0.2) is 0 Å². The third-order valence-corrected chi connectivity index (χ3v) is 3.02. The fraction of sp³-hybridized carbons (Fsp3) is 1.00. The Balaban J connectivity index is 2.40. The van der Waals surface area contributed by atoms with Crippen molar-refractivity contribution in [1.29, 1.82) is 0 Å². The Morgan fingerprint density at radius 3 is 2.15 bits per heavy atom. The summed E-state index contributed by atoms with van der Waals surface area (Å²) in [6, 6.07) is -0.336. The summed E-state index contributed by atoms with van der Waals surface area (Å²) in [5, 5.41) is 19.4. The summed E-state index contributed by atoms with van der Waals surface area (Å²) in [5.74, 6) is 0.259. The number of aliphatic hydroxyl groups is 2. The first-order chi connectivity index (χ1) is 6.13. The van der Waals surface area contributed by atoms with Crippen LogP contribution >= 0.6 is 0 Å². The van der Waals surface area contributed by atoms with E-state index in [0.717, 1.165) is 12.8 Å². The minimum atomic E-state index is -0.761. The quantitative estimate of drug-likeness (QED) is 0.607. The molecular weight excluding hydrogens is 166 g/mol. The second kappa shape index (κ2) is 4.94. The minimum Gasteiger partial charge on any atom is -0.390 e. The van der Waals surface area contributed by atoms with E-state index in [1.54, 1.807) is 6.92 Å². The summed E-state index contributed by atoms with van der Waals surface area (Å²) in [6.07, 6.45) is 4.29. The molecule has 0 radical (unpaired) electrons. The third-order valence-electron chi connectivity index (χ3n) is 3.02. The summed E-state index contributed by atoms with van der Waals surface area (Å²) < 4.78 is 0. The highest BCUT2D eigenvalue weighted by molar-refractivity contribution is 4.82. The monoisotopic (exact) mass is 187 g/mol. The van der Waals surface area contributed by atoms with Gasteiger partial charge in [-0.25, -0.2) is 0 Å². The van der Waals surface area contributed by atoms with Gasteiger partial charge in [-0.2, -0.15) is 0 Å². The van der Waals surface area contributed by atoms with E-state index in [1.165, 1.54) is 19.3 Å². The smallest absolute Gasteiger partial charge is 0.0949 e. The highest BCUT2D eigenvalue weighted by Gasteiger charge is 2.29. The molecule has 0 amide bonds. The van der Waals surface area contributed by atoms with Gasteiger partial charge in [-0.05, 0) is 25.7 Å². The van der Waals surface area contributed by atoms with Crippen molar-refractivity contribution in [2.24, 2.45) is 11.7 Å². The zero-order valence-corrected chi connectivity index (χ0v) is 8.32. The highest BCUT2D eigenvalue weighted by atomic mass is 16.3. The fourth-order valence-corrected chi connectivity index (χ4v) is 2.07. The van der Waals surface area contributed by atoms with Gasteiger partial charge in [0.05, 0.1) is 12.2 Å². The average molecular weight is 187 g/mol. The molecule has 0 spiro atoms. The number of aliphatic hydroxyl groups excluding tert-OH is 2. The molecule has 78 valence electrons. The lowest BCUT2D eigenvalue weighted by Gasteiger charge is -2.31. The molecule has 0 aliphatic heterocycles. The highest BCUT2D eigenvalue weighted by Crippen LogP contribution is 2.28. The minimum absolute atomic E-state index is 0.259. The maximum Gasteiger partial charge on any atom is 0.0949 e. The van der Waals surface area contributed by atoms with Gasteiger partial charge in [-0.3, -0.25) is 0 Å². The van der Waals surface area contributed by atoms with E-state index >= 15 is 0 Å². The van der Waals surface area contributed by atoms with Gasteiger partial charge in [0.15, 0.2) is 0 Å². The third kappa shape index (κ3) is 2.93. The van der Waals surface area contributed by atoms with E-state index in [0.29, 0.717) is 0 Å². The van der Waals surface area contributed by atoms with Gasteiger partial charge >= 0.3 is 0 Å². The molecule has 1 rings (SSSR count). The first-order valence-electron chi connectivity index (χ1n) is 5.24. The average Bonchev–Trinajstić information content (AvgIpc) is 2.17. The molecule has 1 aliphatic rings. The van der Waals surface area contributed by atoms with Crippen molar-refractivity contribution in [3.63, 3.8) is 0 Å². The number of rotatable bonds is 3. The van der Waals surface area contributed by atoms with Crippen LogP contribution in [0, 0.1) is 5.92 Å². The lowest BCUT2D eigenvalue weighted by Crippen LogP contribution is -2.45. The molecule has 1 saturated carbocycles. The summed E-state index contributed by atoms with van der Waals surface area (Å²) in [4.78, 5) is 0. The van der Waals surface area contributed by atoms with Crippen molar-refractivity contribution in [2.45, 2.75) is 57.3 Å². The second-order valence-electron chi connectivity index (χ2n) is 4.24. The van der Waals surface area contributed by atoms with Crippen molar-refractivity contribution in [2.75, 3.05) is 0 Å². The van der Waals surface area contributed by atoms with E-state index in [1.807, 2.05) is 0 Å². The van der Waals surface area contributed by atoms with Crippen LogP contribution in [-0.4, -0.2) is 28.5 Å². The van der Waals surface area contributed by atoms with Crippen molar-refractivity contribution in [1.82, 2.24) is 0 Å². The Labute approximate surface area is 79.9 Å². The second-order valence-corrected chi connectivity index (χ2v) is 4.24. The molecule has 13 heavy (non-hydrogen) atoms. The Bertz CT molecular complexity index is 144. The summed E-state index contributed by atoms with van der Waals surface area (Å²) in [6.45, 7) is 1.73. The van der Waals surface area contributed by atoms with E-state index in [-0.39, 0.29) is 12.0 Å². The van der Waals surface area contributed by atoms with Gasteiger partial charge in [0.2, 0.25) is 0 Å². The maximum atomic E-state index is 9.78.